The molecule has 0 saturated carbocycles. The molecule has 0 radical (unpaired) electrons. The first-order valence-electron chi connectivity index (χ1n) is 3.50. The summed E-state index contributed by atoms with van der Waals surface area (Å²) in [5, 5.41) is 0. The Hall–Kier alpha value is -0.0800. The van der Waals surface area contributed by atoms with Gasteiger partial charge in [0.05, 0.1) is 0 Å². The molecule has 0 aromatic rings. The van der Waals surface area contributed by atoms with Gasteiger partial charge in [0.15, 0.2) is 0 Å². The normalized spacial score (nSPS) is 17.3. The molecule has 0 heterocycles. The molecule has 2 heteroatoms. The Balaban J connectivity index is 3.32. The fraction of sp³-hybridized carbons (Fsp3) is 1.00. The molecule has 2 atom stereocenters. The number of rotatable bonds is 4. The molecule has 0 bridgehead atoms. The van der Waals surface area contributed by atoms with Crippen LogP contribution in [-0.2, 0) is 4.74 Å². The van der Waals surface area contributed by atoms with E-state index in [1.807, 2.05) is 0 Å². The van der Waals surface area contributed by atoms with Crippen LogP contribution in [0.25, 0.3) is 0 Å². The van der Waals surface area contributed by atoms with Crippen molar-refractivity contribution < 1.29 is 4.74 Å². The molecule has 0 aromatic heterocycles. The van der Waals surface area contributed by atoms with Gasteiger partial charge >= 0.3 is 0 Å². The van der Waals surface area contributed by atoms with Gasteiger partial charge < -0.3 is 10.5 Å². The van der Waals surface area contributed by atoms with E-state index in [9.17, 15) is 0 Å². The molecule has 9 heavy (non-hydrogen) atoms. The zero-order valence-electron chi connectivity index (χ0n) is 6.55. The molecule has 0 fully saturated rings. The third kappa shape index (κ3) is 3.49. The second-order valence-electron chi connectivity index (χ2n) is 2.47. The monoisotopic (exact) mass is 131 g/mol. The van der Waals surface area contributed by atoms with Crippen LogP contribution in [0.5, 0.6) is 0 Å². The van der Waals surface area contributed by atoms with E-state index < -0.39 is 0 Å². The van der Waals surface area contributed by atoms with E-state index in [0.717, 1.165) is 6.42 Å². The van der Waals surface area contributed by atoms with Crippen LogP contribution >= 0.6 is 0 Å². The standard InChI is InChI=1S/C7H17NO/c1-4-5-6(2)7(8)9-3/h6-7H,4-5,8H2,1-3H3. The summed E-state index contributed by atoms with van der Waals surface area (Å²) in [6.07, 6.45) is 2.25. The lowest BCUT2D eigenvalue weighted by Gasteiger charge is -2.16. The van der Waals surface area contributed by atoms with Gasteiger partial charge in [-0.2, -0.15) is 0 Å². The number of ether oxygens (including phenoxy) is 1. The highest BCUT2D eigenvalue weighted by molar-refractivity contribution is 4.57. The molecule has 0 spiro atoms. The Morgan fingerprint density at radius 3 is 2.44 bits per heavy atom. The predicted molar refractivity (Wildman–Crippen MR) is 39.1 cm³/mol. The Kier molecular flexibility index (Phi) is 4.72. The summed E-state index contributed by atoms with van der Waals surface area (Å²) < 4.78 is 4.94. The summed E-state index contributed by atoms with van der Waals surface area (Å²) in [7, 11) is 1.65. The van der Waals surface area contributed by atoms with Gasteiger partial charge in [-0.3, -0.25) is 0 Å². The Bertz CT molecular complexity index is 65.9. The largest absolute Gasteiger partial charge is 0.367 e. The Morgan fingerprint density at radius 2 is 2.11 bits per heavy atom. The molecule has 0 aliphatic carbocycles. The van der Waals surface area contributed by atoms with Crippen LogP contribution in [0.3, 0.4) is 0 Å². The molecule has 56 valence electrons. The lowest BCUT2D eigenvalue weighted by atomic mass is 10.1. The lowest BCUT2D eigenvalue weighted by molar-refractivity contribution is 0.0604. The van der Waals surface area contributed by atoms with Crippen molar-refractivity contribution >= 4 is 0 Å². The predicted octanol–water partition coefficient (Wildman–Crippen LogP) is 1.35. The molecule has 0 saturated heterocycles. The highest BCUT2D eigenvalue weighted by Gasteiger charge is 2.08. The Morgan fingerprint density at radius 1 is 1.56 bits per heavy atom. The summed E-state index contributed by atoms with van der Waals surface area (Å²) in [4.78, 5) is 0. The first-order valence-corrected chi connectivity index (χ1v) is 3.50. The minimum Gasteiger partial charge on any atom is -0.367 e. The molecule has 0 aliphatic rings. The molecule has 2 unspecified atom stereocenters. The number of hydrogen-bond acceptors (Lipinski definition) is 2. The molecule has 0 aliphatic heterocycles. The van der Waals surface area contributed by atoms with E-state index in [0.29, 0.717) is 5.92 Å². The molecule has 0 amide bonds. The van der Waals surface area contributed by atoms with Crippen LogP contribution in [0.2, 0.25) is 0 Å². The van der Waals surface area contributed by atoms with Crippen LogP contribution in [0.4, 0.5) is 0 Å². The molecular weight excluding hydrogens is 114 g/mol. The van der Waals surface area contributed by atoms with Crippen molar-refractivity contribution in [2.24, 2.45) is 11.7 Å². The second-order valence-corrected chi connectivity index (χ2v) is 2.47. The maximum atomic E-state index is 5.58. The SMILES string of the molecule is CCCC(C)C(N)OC. The van der Waals surface area contributed by atoms with Crippen molar-refractivity contribution in [3.63, 3.8) is 0 Å². The number of nitrogens with two attached hydrogens (primary N) is 1. The van der Waals surface area contributed by atoms with Gasteiger partial charge in [0.1, 0.15) is 6.23 Å². The average molecular weight is 131 g/mol. The van der Waals surface area contributed by atoms with Crippen LogP contribution < -0.4 is 5.73 Å². The minimum absolute atomic E-state index is 0.0788. The number of hydrogen-bond donors (Lipinski definition) is 1. The van der Waals surface area contributed by atoms with Gasteiger partial charge in [-0.25, -0.2) is 0 Å². The zero-order chi connectivity index (χ0) is 7.28. The molecule has 0 rings (SSSR count). The van der Waals surface area contributed by atoms with Crippen LogP contribution in [0.1, 0.15) is 26.7 Å². The van der Waals surface area contributed by atoms with E-state index in [2.05, 4.69) is 13.8 Å². The van der Waals surface area contributed by atoms with Gasteiger partial charge in [0.25, 0.3) is 0 Å². The van der Waals surface area contributed by atoms with E-state index >= 15 is 0 Å². The summed E-state index contributed by atoms with van der Waals surface area (Å²) in [5.41, 5.74) is 5.58. The first kappa shape index (κ1) is 8.92. The highest BCUT2D eigenvalue weighted by atomic mass is 16.5. The van der Waals surface area contributed by atoms with E-state index in [-0.39, 0.29) is 6.23 Å². The quantitative estimate of drug-likeness (QED) is 0.584. The maximum absolute atomic E-state index is 5.58. The van der Waals surface area contributed by atoms with Crippen LogP contribution in [0, 0.1) is 5.92 Å². The van der Waals surface area contributed by atoms with Gasteiger partial charge in [-0.05, 0) is 12.3 Å². The van der Waals surface area contributed by atoms with Gasteiger partial charge in [-0.15, -0.1) is 0 Å². The third-order valence-corrected chi connectivity index (χ3v) is 1.58. The maximum Gasteiger partial charge on any atom is 0.107 e. The summed E-state index contributed by atoms with van der Waals surface area (Å²) >= 11 is 0. The minimum atomic E-state index is -0.0788. The topological polar surface area (TPSA) is 35.2 Å². The first-order chi connectivity index (χ1) is 4.22. The highest BCUT2D eigenvalue weighted by Crippen LogP contribution is 2.08. The smallest absolute Gasteiger partial charge is 0.107 e. The van der Waals surface area contributed by atoms with Gasteiger partial charge in [0, 0.05) is 7.11 Å². The Labute approximate surface area is 57.4 Å². The fourth-order valence-electron chi connectivity index (χ4n) is 0.852. The van der Waals surface area contributed by atoms with Crippen molar-refractivity contribution in [3.8, 4) is 0 Å². The molecular formula is C7H17NO. The second kappa shape index (κ2) is 4.77. The summed E-state index contributed by atoms with van der Waals surface area (Å²) in [5.74, 6) is 0.486. The van der Waals surface area contributed by atoms with Crippen molar-refractivity contribution in [1.82, 2.24) is 0 Å². The van der Waals surface area contributed by atoms with Crippen molar-refractivity contribution in [2.45, 2.75) is 32.9 Å². The third-order valence-electron chi connectivity index (χ3n) is 1.58. The van der Waals surface area contributed by atoms with Crippen LogP contribution in [-0.4, -0.2) is 13.3 Å². The van der Waals surface area contributed by atoms with E-state index in [1.165, 1.54) is 6.42 Å². The molecule has 2 nitrogen and oxygen atoms in total. The van der Waals surface area contributed by atoms with Gasteiger partial charge in [-0.1, -0.05) is 20.3 Å². The zero-order valence-corrected chi connectivity index (χ0v) is 6.55. The van der Waals surface area contributed by atoms with Gasteiger partial charge in [0.2, 0.25) is 0 Å². The summed E-state index contributed by atoms with van der Waals surface area (Å²) in [6.45, 7) is 4.26. The van der Waals surface area contributed by atoms with Crippen molar-refractivity contribution in [2.75, 3.05) is 7.11 Å². The van der Waals surface area contributed by atoms with E-state index in [4.69, 9.17) is 10.5 Å². The van der Waals surface area contributed by atoms with Crippen molar-refractivity contribution in [3.05, 3.63) is 0 Å². The lowest BCUT2D eigenvalue weighted by Crippen LogP contribution is -2.29. The van der Waals surface area contributed by atoms with E-state index in [1.54, 1.807) is 7.11 Å². The summed E-state index contributed by atoms with van der Waals surface area (Å²) in [6, 6.07) is 0. The number of methoxy groups -OCH3 is 1. The average Bonchev–Trinajstić information content (AvgIpc) is 1.87. The van der Waals surface area contributed by atoms with Crippen LogP contribution in [0.15, 0.2) is 0 Å². The molecule has 0 aromatic carbocycles. The molecule has 2 N–H and O–H groups in total. The van der Waals surface area contributed by atoms with Crippen molar-refractivity contribution in [1.29, 1.82) is 0 Å². The fourth-order valence-corrected chi connectivity index (χ4v) is 0.852.